The third kappa shape index (κ3) is 4.47. The maximum absolute atomic E-state index is 12.2. The van der Waals surface area contributed by atoms with Gasteiger partial charge in [-0.15, -0.1) is 0 Å². The molecule has 0 unspecified atom stereocenters. The summed E-state index contributed by atoms with van der Waals surface area (Å²) in [7, 11) is -2.26. The second-order valence-corrected chi connectivity index (χ2v) is 6.21. The molecule has 0 bridgehead atoms. The number of benzene rings is 2. The van der Waals surface area contributed by atoms with Gasteiger partial charge in [-0.2, -0.15) is 8.42 Å². The Bertz CT molecular complexity index is 690. The van der Waals surface area contributed by atoms with E-state index in [0.717, 1.165) is 5.56 Å². The van der Waals surface area contributed by atoms with E-state index in [1.165, 1.54) is 12.1 Å². The largest absolute Gasteiger partial charge is 0.491 e. The van der Waals surface area contributed by atoms with Gasteiger partial charge in [0, 0.05) is 7.11 Å². The van der Waals surface area contributed by atoms with Crippen molar-refractivity contribution in [2.45, 2.75) is 11.8 Å². The van der Waals surface area contributed by atoms with Gasteiger partial charge in [0.2, 0.25) is 0 Å². The van der Waals surface area contributed by atoms with Crippen molar-refractivity contribution in [3.05, 3.63) is 54.1 Å². The van der Waals surface area contributed by atoms with Crippen LogP contribution in [-0.4, -0.2) is 28.7 Å². The Morgan fingerprint density at radius 1 is 0.864 bits per heavy atom. The summed E-state index contributed by atoms with van der Waals surface area (Å²) >= 11 is 0. The first kappa shape index (κ1) is 16.3. The minimum Gasteiger partial charge on any atom is -0.491 e. The molecular formula is C16H18O5S. The Morgan fingerprint density at radius 2 is 1.45 bits per heavy atom. The van der Waals surface area contributed by atoms with Crippen LogP contribution in [0.25, 0.3) is 0 Å². The molecule has 2 rings (SSSR count). The van der Waals surface area contributed by atoms with E-state index in [9.17, 15) is 8.42 Å². The van der Waals surface area contributed by atoms with E-state index in [4.69, 9.17) is 13.7 Å². The highest BCUT2D eigenvalue weighted by molar-refractivity contribution is 7.87. The van der Waals surface area contributed by atoms with E-state index in [-0.39, 0.29) is 10.6 Å². The van der Waals surface area contributed by atoms with Gasteiger partial charge in [0.15, 0.2) is 0 Å². The lowest BCUT2D eigenvalue weighted by Crippen LogP contribution is -2.10. The fourth-order valence-electron chi connectivity index (χ4n) is 1.71. The second kappa shape index (κ2) is 7.29. The molecule has 0 N–H and O–H groups in total. The zero-order valence-electron chi connectivity index (χ0n) is 12.5. The average Bonchev–Trinajstić information content (AvgIpc) is 2.50. The molecule has 0 fully saturated rings. The second-order valence-electron chi connectivity index (χ2n) is 4.66. The first-order chi connectivity index (χ1) is 10.5. The normalized spacial score (nSPS) is 11.2. The predicted octanol–water partition coefficient (Wildman–Crippen LogP) is 2.79. The minimum absolute atomic E-state index is 0.0761. The van der Waals surface area contributed by atoms with Crippen LogP contribution in [0.1, 0.15) is 5.56 Å². The molecule has 0 amide bonds. The highest BCUT2D eigenvalue weighted by Crippen LogP contribution is 2.21. The van der Waals surface area contributed by atoms with Crippen molar-refractivity contribution in [2.24, 2.45) is 0 Å². The summed E-state index contributed by atoms with van der Waals surface area (Å²) in [5.41, 5.74) is 1.03. The average molecular weight is 322 g/mol. The minimum atomic E-state index is -3.85. The molecule has 0 radical (unpaired) electrons. The van der Waals surface area contributed by atoms with E-state index >= 15 is 0 Å². The maximum atomic E-state index is 12.2. The van der Waals surface area contributed by atoms with Crippen LogP contribution in [-0.2, 0) is 14.9 Å². The van der Waals surface area contributed by atoms with Crippen molar-refractivity contribution in [1.82, 2.24) is 0 Å². The molecule has 0 spiro atoms. The van der Waals surface area contributed by atoms with Gasteiger partial charge in [0.05, 0.1) is 6.61 Å². The third-order valence-corrected chi connectivity index (χ3v) is 4.16. The van der Waals surface area contributed by atoms with Gasteiger partial charge in [-0.1, -0.05) is 17.7 Å². The molecule has 0 aromatic heterocycles. The van der Waals surface area contributed by atoms with Gasteiger partial charge in [-0.25, -0.2) is 0 Å². The summed E-state index contributed by atoms with van der Waals surface area (Å²) in [6.07, 6.45) is 0. The van der Waals surface area contributed by atoms with Gasteiger partial charge >= 0.3 is 10.1 Å². The SMILES string of the molecule is COCCOc1ccc(S(=O)(=O)Oc2ccc(C)cc2)cc1. The van der Waals surface area contributed by atoms with Crippen molar-refractivity contribution in [2.75, 3.05) is 20.3 Å². The van der Waals surface area contributed by atoms with Crippen LogP contribution in [0.2, 0.25) is 0 Å². The first-order valence-electron chi connectivity index (χ1n) is 6.74. The Morgan fingerprint density at radius 3 is 2.05 bits per heavy atom. The van der Waals surface area contributed by atoms with Crippen LogP contribution in [0.3, 0.4) is 0 Å². The van der Waals surface area contributed by atoms with E-state index in [2.05, 4.69) is 0 Å². The van der Waals surface area contributed by atoms with Gasteiger partial charge in [0.25, 0.3) is 0 Å². The molecule has 0 atom stereocenters. The Balaban J connectivity index is 2.07. The highest BCUT2D eigenvalue weighted by atomic mass is 32.2. The standard InChI is InChI=1S/C16H18O5S/c1-13-3-5-15(6-4-13)21-22(17,18)16-9-7-14(8-10-16)20-12-11-19-2/h3-10H,11-12H2,1-2H3. The fourth-order valence-corrected chi connectivity index (χ4v) is 2.64. The monoisotopic (exact) mass is 322 g/mol. The van der Waals surface area contributed by atoms with Crippen LogP contribution in [0.5, 0.6) is 11.5 Å². The first-order valence-corrected chi connectivity index (χ1v) is 8.15. The number of hydrogen-bond acceptors (Lipinski definition) is 5. The van der Waals surface area contributed by atoms with Crippen molar-refractivity contribution in [3.63, 3.8) is 0 Å². The Kier molecular flexibility index (Phi) is 5.41. The molecule has 5 nitrogen and oxygen atoms in total. The molecule has 0 saturated carbocycles. The van der Waals surface area contributed by atoms with Crippen molar-refractivity contribution in [3.8, 4) is 11.5 Å². The molecule has 0 aliphatic rings. The van der Waals surface area contributed by atoms with Gasteiger partial charge in [-0.3, -0.25) is 0 Å². The maximum Gasteiger partial charge on any atom is 0.339 e. The lowest BCUT2D eigenvalue weighted by molar-refractivity contribution is 0.146. The summed E-state index contributed by atoms with van der Waals surface area (Å²) in [5.74, 6) is 0.859. The predicted molar refractivity (Wildman–Crippen MR) is 82.8 cm³/mol. The van der Waals surface area contributed by atoms with Crippen LogP contribution in [0, 0.1) is 6.92 Å². The zero-order chi connectivity index (χ0) is 16.0. The zero-order valence-corrected chi connectivity index (χ0v) is 13.3. The lowest BCUT2D eigenvalue weighted by Gasteiger charge is -2.09. The number of methoxy groups -OCH3 is 1. The molecule has 2 aromatic rings. The van der Waals surface area contributed by atoms with E-state index in [1.54, 1.807) is 43.5 Å². The van der Waals surface area contributed by atoms with Gasteiger partial charge in [-0.05, 0) is 43.3 Å². The molecule has 0 aliphatic carbocycles. The molecule has 0 heterocycles. The smallest absolute Gasteiger partial charge is 0.339 e. The number of aryl methyl sites for hydroxylation is 1. The fraction of sp³-hybridized carbons (Fsp3) is 0.250. The van der Waals surface area contributed by atoms with Gasteiger partial charge < -0.3 is 13.7 Å². The van der Waals surface area contributed by atoms with E-state index in [0.29, 0.717) is 19.0 Å². The van der Waals surface area contributed by atoms with E-state index < -0.39 is 10.1 Å². The van der Waals surface area contributed by atoms with Crippen LogP contribution in [0.15, 0.2) is 53.4 Å². The molecular weight excluding hydrogens is 304 g/mol. The summed E-state index contributed by atoms with van der Waals surface area (Å²) in [5, 5.41) is 0. The molecule has 0 saturated heterocycles. The van der Waals surface area contributed by atoms with E-state index in [1.807, 2.05) is 6.92 Å². The Hall–Kier alpha value is -2.05. The molecule has 0 aliphatic heterocycles. The van der Waals surface area contributed by atoms with Crippen LogP contribution in [0.4, 0.5) is 0 Å². The molecule has 22 heavy (non-hydrogen) atoms. The molecule has 6 heteroatoms. The summed E-state index contributed by atoms with van der Waals surface area (Å²) < 4.78 is 39.7. The number of hydrogen-bond donors (Lipinski definition) is 0. The summed E-state index contributed by atoms with van der Waals surface area (Å²) in [6.45, 7) is 2.79. The lowest BCUT2D eigenvalue weighted by atomic mass is 10.2. The van der Waals surface area contributed by atoms with Crippen molar-refractivity contribution >= 4 is 10.1 Å². The van der Waals surface area contributed by atoms with Crippen LogP contribution >= 0.6 is 0 Å². The van der Waals surface area contributed by atoms with Gasteiger partial charge in [0.1, 0.15) is 23.0 Å². The molecule has 118 valence electrons. The van der Waals surface area contributed by atoms with Crippen molar-refractivity contribution < 1.29 is 22.1 Å². The number of ether oxygens (including phenoxy) is 2. The number of rotatable bonds is 7. The molecule has 2 aromatic carbocycles. The van der Waals surface area contributed by atoms with Crippen molar-refractivity contribution in [1.29, 1.82) is 0 Å². The highest BCUT2D eigenvalue weighted by Gasteiger charge is 2.16. The summed E-state index contributed by atoms with van der Waals surface area (Å²) in [6, 6.07) is 12.9. The Labute approximate surface area is 130 Å². The summed E-state index contributed by atoms with van der Waals surface area (Å²) in [4.78, 5) is 0.0761. The third-order valence-electron chi connectivity index (χ3n) is 2.90. The topological polar surface area (TPSA) is 61.8 Å². The quantitative estimate of drug-likeness (QED) is 0.579. The van der Waals surface area contributed by atoms with Crippen LogP contribution < -0.4 is 8.92 Å².